The summed E-state index contributed by atoms with van der Waals surface area (Å²) in [6, 6.07) is 22.6. The number of carbonyl (C=O) groups excluding carboxylic acids is 2. The highest BCUT2D eigenvalue weighted by Crippen LogP contribution is 2.35. The Kier molecular flexibility index (Phi) is 6.31. The van der Waals surface area contributed by atoms with Crippen molar-refractivity contribution in [1.82, 2.24) is 0 Å². The van der Waals surface area contributed by atoms with Gasteiger partial charge in [0.2, 0.25) is 0 Å². The topological polar surface area (TPSA) is 58.6 Å². The van der Waals surface area contributed by atoms with Crippen LogP contribution in [0.5, 0.6) is 5.75 Å². The van der Waals surface area contributed by atoms with Crippen LogP contribution in [0, 0.1) is 6.92 Å². The number of para-hydroxylation sites is 1. The van der Waals surface area contributed by atoms with Gasteiger partial charge in [0.15, 0.2) is 0 Å². The molecule has 0 saturated carbocycles. The Bertz CT molecular complexity index is 1210. The van der Waals surface area contributed by atoms with Gasteiger partial charge in [-0.3, -0.25) is 9.59 Å². The van der Waals surface area contributed by atoms with E-state index in [-0.39, 0.29) is 17.5 Å². The first-order valence-corrected chi connectivity index (χ1v) is 11.2. The van der Waals surface area contributed by atoms with Gasteiger partial charge in [0.1, 0.15) is 11.4 Å². The van der Waals surface area contributed by atoms with Crippen molar-refractivity contribution in [1.29, 1.82) is 0 Å². The monoisotopic (exact) mass is 440 g/mol. The first-order valence-electron chi connectivity index (χ1n) is 11.2. The van der Waals surface area contributed by atoms with E-state index in [0.29, 0.717) is 35.1 Å². The van der Waals surface area contributed by atoms with E-state index in [2.05, 4.69) is 19.2 Å². The number of benzene rings is 3. The molecule has 0 unspecified atom stereocenters. The third kappa shape index (κ3) is 4.40. The zero-order chi connectivity index (χ0) is 23.5. The molecule has 168 valence electrons. The fourth-order valence-corrected chi connectivity index (χ4v) is 3.93. The molecule has 0 aromatic heterocycles. The molecule has 0 radical (unpaired) electrons. The van der Waals surface area contributed by atoms with Gasteiger partial charge in [0, 0.05) is 5.69 Å². The number of carbonyl (C=O) groups is 2. The van der Waals surface area contributed by atoms with Gasteiger partial charge < -0.3 is 10.1 Å². The lowest BCUT2D eigenvalue weighted by Crippen LogP contribution is -2.33. The molecule has 3 aromatic carbocycles. The van der Waals surface area contributed by atoms with E-state index >= 15 is 0 Å². The van der Waals surface area contributed by atoms with Crippen LogP contribution in [0.2, 0.25) is 0 Å². The van der Waals surface area contributed by atoms with E-state index in [1.54, 1.807) is 6.07 Å². The molecule has 1 heterocycles. The van der Waals surface area contributed by atoms with E-state index in [4.69, 9.17) is 4.74 Å². The molecule has 2 amide bonds. The highest BCUT2D eigenvalue weighted by Gasteiger charge is 2.40. The summed E-state index contributed by atoms with van der Waals surface area (Å²) in [7, 11) is 0. The molecule has 1 aliphatic heterocycles. The van der Waals surface area contributed by atoms with Crippen molar-refractivity contribution in [3.63, 3.8) is 0 Å². The molecule has 3 aromatic rings. The van der Waals surface area contributed by atoms with Crippen LogP contribution >= 0.6 is 0 Å². The number of hydrogen-bond acceptors (Lipinski definition) is 4. The highest BCUT2D eigenvalue weighted by molar-refractivity contribution is 6.46. The maximum Gasteiger partial charge on any atom is 0.282 e. The summed E-state index contributed by atoms with van der Waals surface area (Å²) < 4.78 is 5.54. The molecule has 0 fully saturated rings. The van der Waals surface area contributed by atoms with Crippen LogP contribution in [0.3, 0.4) is 0 Å². The Morgan fingerprint density at radius 1 is 0.879 bits per heavy atom. The number of nitrogens with one attached hydrogen (secondary N) is 1. The average molecular weight is 441 g/mol. The van der Waals surface area contributed by atoms with Gasteiger partial charge >= 0.3 is 0 Å². The van der Waals surface area contributed by atoms with E-state index in [1.165, 1.54) is 10.5 Å². The molecular formula is C28H28N2O3. The fraction of sp³-hybridized carbons (Fsp3) is 0.214. The Balaban J connectivity index is 1.78. The molecule has 0 spiro atoms. The van der Waals surface area contributed by atoms with E-state index in [0.717, 1.165) is 11.3 Å². The van der Waals surface area contributed by atoms with Gasteiger partial charge in [-0.15, -0.1) is 0 Å². The summed E-state index contributed by atoms with van der Waals surface area (Å²) in [5.41, 5.74) is 4.68. The van der Waals surface area contributed by atoms with Gasteiger partial charge in [-0.2, -0.15) is 0 Å². The minimum absolute atomic E-state index is 0.268. The van der Waals surface area contributed by atoms with Crippen molar-refractivity contribution in [2.75, 3.05) is 16.8 Å². The van der Waals surface area contributed by atoms with E-state index in [1.807, 2.05) is 80.6 Å². The molecule has 4 rings (SSSR count). The van der Waals surface area contributed by atoms with Crippen molar-refractivity contribution in [2.45, 2.75) is 33.6 Å². The van der Waals surface area contributed by atoms with E-state index in [9.17, 15) is 9.59 Å². The Hall–Kier alpha value is -3.86. The third-order valence-electron chi connectivity index (χ3n) is 5.74. The van der Waals surface area contributed by atoms with Gasteiger partial charge in [-0.1, -0.05) is 56.3 Å². The van der Waals surface area contributed by atoms with Crippen LogP contribution in [-0.4, -0.2) is 18.4 Å². The van der Waals surface area contributed by atoms with Gasteiger partial charge in [-0.25, -0.2) is 4.90 Å². The lowest BCUT2D eigenvalue weighted by atomic mass is 10.0. The standard InChI is InChI=1S/C28H28N2O3/c1-5-33-23-16-12-21(13-17-23)25-26(29-22-14-10-20(11-15-22)18(2)3)28(32)30(27(25)31)24-9-7-6-8-19(24)4/h6-18,29H,5H2,1-4H3. The second-order valence-electron chi connectivity index (χ2n) is 8.34. The van der Waals surface area contributed by atoms with Crippen molar-refractivity contribution in [3.8, 4) is 5.75 Å². The molecule has 0 saturated heterocycles. The molecule has 0 aliphatic carbocycles. The molecule has 5 heteroatoms. The SMILES string of the molecule is CCOc1ccc(C2=C(Nc3ccc(C(C)C)cc3)C(=O)N(c3ccccc3C)C2=O)cc1. The number of rotatable bonds is 7. The molecule has 0 atom stereocenters. The average Bonchev–Trinajstić information content (AvgIpc) is 3.05. The minimum Gasteiger partial charge on any atom is -0.494 e. The number of ether oxygens (including phenoxy) is 1. The van der Waals surface area contributed by atoms with Crippen molar-refractivity contribution in [3.05, 3.63) is 95.2 Å². The first-order chi connectivity index (χ1) is 15.9. The second-order valence-corrected chi connectivity index (χ2v) is 8.34. The fourth-order valence-electron chi connectivity index (χ4n) is 3.93. The summed E-state index contributed by atoms with van der Waals surface area (Å²) in [6.45, 7) is 8.63. The lowest BCUT2D eigenvalue weighted by molar-refractivity contribution is -0.120. The predicted molar refractivity (Wildman–Crippen MR) is 132 cm³/mol. The van der Waals surface area contributed by atoms with Gasteiger partial charge in [0.05, 0.1) is 17.9 Å². The minimum atomic E-state index is -0.369. The summed E-state index contributed by atoms with van der Waals surface area (Å²) in [5.74, 6) is 0.406. The predicted octanol–water partition coefficient (Wildman–Crippen LogP) is 5.91. The molecule has 0 bridgehead atoms. The van der Waals surface area contributed by atoms with Crippen LogP contribution in [0.25, 0.3) is 5.57 Å². The normalized spacial score (nSPS) is 13.8. The molecular weight excluding hydrogens is 412 g/mol. The number of amides is 2. The smallest absolute Gasteiger partial charge is 0.282 e. The third-order valence-corrected chi connectivity index (χ3v) is 5.74. The van der Waals surface area contributed by atoms with Crippen molar-refractivity contribution < 1.29 is 14.3 Å². The highest BCUT2D eigenvalue weighted by atomic mass is 16.5. The maximum absolute atomic E-state index is 13.6. The van der Waals surface area contributed by atoms with Crippen molar-refractivity contribution in [2.24, 2.45) is 0 Å². The quantitative estimate of drug-likeness (QED) is 0.464. The Morgan fingerprint density at radius 3 is 2.15 bits per heavy atom. The first kappa shape index (κ1) is 22.3. The molecule has 5 nitrogen and oxygen atoms in total. The summed E-state index contributed by atoms with van der Waals surface area (Å²) in [5, 5.41) is 3.23. The van der Waals surface area contributed by atoms with Crippen LogP contribution < -0.4 is 15.0 Å². The van der Waals surface area contributed by atoms with Crippen LogP contribution in [0.15, 0.2) is 78.5 Å². The van der Waals surface area contributed by atoms with Crippen LogP contribution in [0.4, 0.5) is 11.4 Å². The largest absolute Gasteiger partial charge is 0.494 e. The molecule has 1 aliphatic rings. The Morgan fingerprint density at radius 2 is 1.55 bits per heavy atom. The Labute approximate surface area is 194 Å². The number of imide groups is 1. The zero-order valence-corrected chi connectivity index (χ0v) is 19.4. The molecule has 33 heavy (non-hydrogen) atoms. The lowest BCUT2D eigenvalue weighted by Gasteiger charge is -2.17. The molecule has 1 N–H and O–H groups in total. The number of anilines is 2. The summed E-state index contributed by atoms with van der Waals surface area (Å²) >= 11 is 0. The zero-order valence-electron chi connectivity index (χ0n) is 19.4. The summed E-state index contributed by atoms with van der Waals surface area (Å²) in [4.78, 5) is 28.4. The van der Waals surface area contributed by atoms with Gasteiger partial charge in [-0.05, 0) is 66.8 Å². The van der Waals surface area contributed by atoms with Crippen molar-refractivity contribution >= 4 is 28.8 Å². The summed E-state index contributed by atoms with van der Waals surface area (Å²) in [6.07, 6.45) is 0. The maximum atomic E-state index is 13.6. The van der Waals surface area contributed by atoms with Crippen LogP contribution in [0.1, 0.15) is 43.4 Å². The van der Waals surface area contributed by atoms with E-state index < -0.39 is 0 Å². The van der Waals surface area contributed by atoms with Gasteiger partial charge in [0.25, 0.3) is 11.8 Å². The van der Waals surface area contributed by atoms with Crippen LogP contribution in [-0.2, 0) is 9.59 Å². The number of aryl methyl sites for hydroxylation is 1. The number of nitrogens with zero attached hydrogens (tertiary/aromatic N) is 1. The number of hydrogen-bond donors (Lipinski definition) is 1. The second kappa shape index (κ2) is 9.33.